The number of anilines is 1. The lowest BCUT2D eigenvalue weighted by Crippen LogP contribution is -2.67. The number of likely N-dealkylation sites (N-methyl/N-ethyl adjacent to an activating group) is 1. The van der Waals surface area contributed by atoms with Gasteiger partial charge in [-0.15, -0.1) is 0 Å². The summed E-state index contributed by atoms with van der Waals surface area (Å²) in [5.41, 5.74) is -1.93. The average Bonchev–Trinajstić information content (AvgIpc) is 3.31. The number of aromatic nitrogens is 1. The number of nitriles is 1. The van der Waals surface area contributed by atoms with Crippen LogP contribution in [0.5, 0.6) is 5.88 Å². The molecule has 0 spiro atoms. The molecule has 13 nitrogen and oxygen atoms in total. The van der Waals surface area contributed by atoms with Crippen LogP contribution in [0.15, 0.2) is 65.7 Å². The first-order valence-electron chi connectivity index (χ1n) is 16.1. The molecule has 4 aliphatic heterocycles. The molecule has 0 saturated carbocycles. The molecule has 5 heterocycles. The number of carbonyl (C=O) groups is 2. The van der Waals surface area contributed by atoms with E-state index in [1.54, 1.807) is 11.0 Å². The fourth-order valence-corrected chi connectivity index (χ4v) is 8.67. The molecule has 1 atom stereocenters. The largest absolute Gasteiger partial charge is 0.481 e. The molecule has 2 aromatic carbocycles. The average molecular weight is 690 g/mol. The van der Waals surface area contributed by atoms with Gasteiger partial charge in [0.25, 0.3) is 15.9 Å². The maximum Gasteiger partial charge on any atom is 0.318 e. The van der Waals surface area contributed by atoms with E-state index >= 15 is 0 Å². The Morgan fingerprint density at radius 3 is 2.45 bits per heavy atom. The van der Waals surface area contributed by atoms with Gasteiger partial charge >= 0.3 is 6.03 Å². The minimum atomic E-state index is -4.63. The Labute approximate surface area is 283 Å². The lowest BCUT2D eigenvalue weighted by molar-refractivity contribution is -0.121. The number of urea groups is 1. The second-order valence-corrected chi connectivity index (χ2v) is 14.6. The third-order valence-corrected chi connectivity index (χ3v) is 11.9. The summed E-state index contributed by atoms with van der Waals surface area (Å²) in [4.78, 5) is 39.2. The van der Waals surface area contributed by atoms with E-state index in [-0.39, 0.29) is 39.2 Å². The van der Waals surface area contributed by atoms with Crippen LogP contribution >= 0.6 is 0 Å². The van der Waals surface area contributed by atoms with E-state index < -0.39 is 33.3 Å². The van der Waals surface area contributed by atoms with Crippen molar-refractivity contribution in [2.45, 2.75) is 41.4 Å². The maximum atomic E-state index is 14.8. The molecule has 1 N–H and O–H groups in total. The lowest BCUT2D eigenvalue weighted by atomic mass is 9.83. The molecule has 0 radical (unpaired) electrons. The van der Waals surface area contributed by atoms with Crippen LogP contribution in [0, 0.1) is 17.1 Å². The number of piperidine rings is 1. The summed E-state index contributed by atoms with van der Waals surface area (Å²) in [5, 5.41) is 12.7. The highest BCUT2D eigenvalue weighted by Crippen LogP contribution is 2.49. The van der Waals surface area contributed by atoms with Crippen LogP contribution in [-0.2, 0) is 25.1 Å². The molecule has 0 aliphatic carbocycles. The molecule has 0 unspecified atom stereocenters. The standard InChI is InChI=1S/C34H36FN7O6S/c1-39(26-20-48-21-26)24-11-14-40(15-12-24)25-18-41(19-25)33(44)38-34(28-4-3-13-37-31(28)47-2)29-16-22(17-36)5-10-30(29)42(32(34)43)49(45,46)27-8-6-23(35)7-9-27/h3-10,13,16,24-26H,11-12,14-15,18-21H2,1-2H3,(H,38,44)/t34-/m1/s1. The van der Waals surface area contributed by atoms with E-state index in [0.717, 1.165) is 63.4 Å². The van der Waals surface area contributed by atoms with Gasteiger partial charge < -0.3 is 19.7 Å². The minimum Gasteiger partial charge on any atom is -0.481 e. The monoisotopic (exact) mass is 689 g/mol. The maximum absolute atomic E-state index is 14.8. The van der Waals surface area contributed by atoms with Gasteiger partial charge in [0.15, 0.2) is 5.54 Å². The Morgan fingerprint density at radius 2 is 1.82 bits per heavy atom. The van der Waals surface area contributed by atoms with Crippen LogP contribution in [0.2, 0.25) is 0 Å². The minimum absolute atomic E-state index is 0.0201. The summed E-state index contributed by atoms with van der Waals surface area (Å²) in [6.07, 6.45) is 3.48. The molecule has 256 valence electrons. The number of benzene rings is 2. The van der Waals surface area contributed by atoms with Crippen LogP contribution in [0.4, 0.5) is 14.9 Å². The lowest BCUT2D eigenvalue weighted by Gasteiger charge is -2.50. The number of pyridine rings is 1. The quantitative estimate of drug-likeness (QED) is 0.374. The molecular formula is C34H36FN7O6S. The van der Waals surface area contributed by atoms with Crippen molar-refractivity contribution in [1.82, 2.24) is 25.0 Å². The van der Waals surface area contributed by atoms with Crippen LogP contribution in [-0.4, -0.2) is 112 Å². The molecule has 15 heteroatoms. The Hall–Kier alpha value is -4.62. The van der Waals surface area contributed by atoms with Crippen molar-refractivity contribution in [3.63, 3.8) is 0 Å². The summed E-state index contributed by atoms with van der Waals surface area (Å²) < 4.78 is 53.5. The molecule has 49 heavy (non-hydrogen) atoms. The fourth-order valence-electron chi connectivity index (χ4n) is 7.20. The SMILES string of the molecule is COc1ncccc1[C@]1(NC(=O)N2CC(N3CCC(N(C)C4COC4)CC3)C2)C(=O)N(S(=O)(=O)c2ccc(F)cc2)c2ccc(C#N)cc21. The summed E-state index contributed by atoms with van der Waals surface area (Å²) in [7, 11) is -1.13. The number of carbonyl (C=O) groups excluding carboxylic acids is 2. The summed E-state index contributed by atoms with van der Waals surface area (Å²) >= 11 is 0. The zero-order valence-corrected chi connectivity index (χ0v) is 27.9. The number of halogens is 1. The van der Waals surface area contributed by atoms with Crippen molar-refractivity contribution < 1.29 is 31.9 Å². The number of rotatable bonds is 8. The highest BCUT2D eigenvalue weighted by atomic mass is 32.2. The number of hydrogen-bond donors (Lipinski definition) is 1. The molecule has 4 aliphatic rings. The number of hydrogen-bond acceptors (Lipinski definition) is 10. The Balaban J connectivity index is 1.20. The van der Waals surface area contributed by atoms with Crippen molar-refractivity contribution in [2.24, 2.45) is 0 Å². The first-order chi connectivity index (χ1) is 23.6. The molecule has 3 amide bonds. The number of methoxy groups -OCH3 is 1. The Kier molecular flexibility index (Phi) is 8.52. The molecule has 0 bridgehead atoms. The van der Waals surface area contributed by atoms with E-state index in [2.05, 4.69) is 27.1 Å². The van der Waals surface area contributed by atoms with Crippen LogP contribution < -0.4 is 14.4 Å². The van der Waals surface area contributed by atoms with E-state index in [9.17, 15) is 27.7 Å². The van der Waals surface area contributed by atoms with E-state index in [1.165, 1.54) is 37.6 Å². The van der Waals surface area contributed by atoms with Gasteiger partial charge in [-0.3, -0.25) is 14.6 Å². The Morgan fingerprint density at radius 1 is 1.10 bits per heavy atom. The molecule has 3 saturated heterocycles. The second kappa shape index (κ2) is 12.7. The van der Waals surface area contributed by atoms with E-state index in [0.29, 0.717) is 29.5 Å². The fraction of sp³-hybridized carbons (Fsp3) is 0.412. The first-order valence-corrected chi connectivity index (χ1v) is 17.5. The number of sulfonamides is 1. The molecule has 3 fully saturated rings. The van der Waals surface area contributed by atoms with Gasteiger partial charge in [-0.05, 0) is 74.5 Å². The predicted molar refractivity (Wildman–Crippen MR) is 175 cm³/mol. The van der Waals surface area contributed by atoms with Crippen LogP contribution in [0.3, 0.4) is 0 Å². The van der Waals surface area contributed by atoms with Gasteiger partial charge in [-0.2, -0.15) is 9.57 Å². The predicted octanol–water partition coefficient (Wildman–Crippen LogP) is 2.27. The van der Waals surface area contributed by atoms with Crippen molar-refractivity contribution >= 4 is 27.6 Å². The van der Waals surface area contributed by atoms with Crippen molar-refractivity contribution in [1.29, 1.82) is 5.26 Å². The van der Waals surface area contributed by atoms with Gasteiger partial charge in [0.1, 0.15) is 5.82 Å². The molecule has 3 aromatic rings. The first kappa shape index (κ1) is 32.9. The van der Waals surface area contributed by atoms with Crippen LogP contribution in [0.1, 0.15) is 29.5 Å². The zero-order valence-electron chi connectivity index (χ0n) is 27.1. The number of nitrogens with zero attached hydrogens (tertiary/aromatic N) is 6. The van der Waals surface area contributed by atoms with Crippen molar-refractivity contribution in [2.75, 3.05) is 57.9 Å². The third-order valence-electron chi connectivity index (χ3n) is 10.2. The topological polar surface area (TPSA) is 148 Å². The molecular weight excluding hydrogens is 653 g/mol. The normalized spacial score (nSPS) is 22.0. The summed E-state index contributed by atoms with van der Waals surface area (Å²) in [5.74, 6) is -1.70. The van der Waals surface area contributed by atoms with Crippen molar-refractivity contribution in [3.8, 4) is 11.9 Å². The number of likely N-dealkylation sites (tertiary alicyclic amines) is 2. The van der Waals surface area contributed by atoms with E-state index in [4.69, 9.17) is 9.47 Å². The smallest absolute Gasteiger partial charge is 0.318 e. The number of amides is 3. The van der Waals surface area contributed by atoms with Gasteiger partial charge in [0.05, 0.1) is 54.1 Å². The highest BCUT2D eigenvalue weighted by Gasteiger charge is 2.59. The van der Waals surface area contributed by atoms with E-state index in [1.807, 2.05) is 6.07 Å². The number of ether oxygens (including phenoxy) is 2. The highest BCUT2D eigenvalue weighted by molar-refractivity contribution is 7.93. The zero-order chi connectivity index (χ0) is 34.5. The van der Waals surface area contributed by atoms with Crippen molar-refractivity contribution in [3.05, 3.63) is 83.3 Å². The van der Waals surface area contributed by atoms with Gasteiger partial charge in [0, 0.05) is 50.0 Å². The summed E-state index contributed by atoms with van der Waals surface area (Å²) in [6.45, 7) is 4.18. The molecule has 1 aromatic heterocycles. The van der Waals surface area contributed by atoms with Gasteiger partial charge in [-0.25, -0.2) is 22.6 Å². The van der Waals surface area contributed by atoms with Crippen LogP contribution in [0.25, 0.3) is 0 Å². The number of nitrogens with one attached hydrogen (secondary N) is 1. The van der Waals surface area contributed by atoms with Gasteiger partial charge in [0.2, 0.25) is 5.88 Å². The third kappa shape index (κ3) is 5.48. The second-order valence-electron chi connectivity index (χ2n) is 12.8. The Bertz CT molecular complexity index is 1920. The summed E-state index contributed by atoms with van der Waals surface area (Å²) in [6, 6.07) is 13.8. The molecule has 7 rings (SSSR count). The number of fused-ring (bicyclic) bond motifs is 1. The van der Waals surface area contributed by atoms with Gasteiger partial charge in [-0.1, -0.05) is 0 Å².